The minimum Gasteiger partial charge on any atom is -0.457 e. The van der Waals surface area contributed by atoms with Gasteiger partial charge in [0.1, 0.15) is 23.1 Å². The fourth-order valence-electron chi connectivity index (χ4n) is 4.61. The van der Waals surface area contributed by atoms with Crippen molar-refractivity contribution >= 4 is 23.5 Å². The number of nitrogens with zero attached hydrogens (tertiary/aromatic N) is 5. The number of hydrogen-bond acceptors (Lipinski definition) is 8. The van der Waals surface area contributed by atoms with Gasteiger partial charge >= 0.3 is 0 Å². The van der Waals surface area contributed by atoms with Crippen LogP contribution in [0.25, 0.3) is 0 Å². The van der Waals surface area contributed by atoms with Gasteiger partial charge in [-0.05, 0) is 42.3 Å². The fraction of sp³-hybridized carbons (Fsp3) is 0.357. The van der Waals surface area contributed by atoms with Gasteiger partial charge in [0.2, 0.25) is 5.91 Å². The molecular weight excluding hydrogens is 484 g/mol. The Kier molecular flexibility index (Phi) is 7.15. The fourth-order valence-corrected chi connectivity index (χ4v) is 4.61. The van der Waals surface area contributed by atoms with Crippen LogP contribution in [0.5, 0.6) is 11.5 Å². The molecule has 0 saturated carbocycles. The monoisotopic (exact) mass is 516 g/mol. The Morgan fingerprint density at radius 1 is 1.08 bits per heavy atom. The van der Waals surface area contributed by atoms with Crippen LogP contribution >= 0.6 is 0 Å². The Bertz CT molecular complexity index is 1350. The number of ether oxygens (including phenoxy) is 2. The average Bonchev–Trinajstić information content (AvgIpc) is 3.30. The first-order valence-corrected chi connectivity index (χ1v) is 12.5. The molecule has 38 heavy (non-hydrogen) atoms. The van der Waals surface area contributed by atoms with Gasteiger partial charge in [0, 0.05) is 39.8 Å². The smallest absolute Gasteiger partial charge is 0.254 e. The van der Waals surface area contributed by atoms with Gasteiger partial charge in [-0.15, -0.1) is 0 Å². The first-order chi connectivity index (χ1) is 18.3. The molecule has 2 aromatic carbocycles. The molecule has 1 N–H and O–H groups in total. The number of fused-ring (bicyclic) bond motifs is 5. The van der Waals surface area contributed by atoms with E-state index in [-0.39, 0.29) is 30.5 Å². The molecule has 10 nitrogen and oxygen atoms in total. The molecule has 0 radical (unpaired) electrons. The van der Waals surface area contributed by atoms with Crippen LogP contribution in [0.2, 0.25) is 0 Å². The van der Waals surface area contributed by atoms with Crippen molar-refractivity contribution in [1.82, 2.24) is 20.2 Å². The van der Waals surface area contributed by atoms with Crippen LogP contribution in [0, 0.1) is 6.92 Å². The third-order valence-electron chi connectivity index (χ3n) is 6.76. The third-order valence-corrected chi connectivity index (χ3v) is 6.76. The highest BCUT2D eigenvalue weighted by Gasteiger charge is 2.36. The molecule has 2 aliphatic rings. The summed E-state index contributed by atoms with van der Waals surface area (Å²) >= 11 is 0. The first kappa shape index (κ1) is 25.5. The first-order valence-electron chi connectivity index (χ1n) is 12.5. The summed E-state index contributed by atoms with van der Waals surface area (Å²) in [5.74, 6) is 2.19. The maximum atomic E-state index is 13.1. The molecular formula is C28H32N6O4. The van der Waals surface area contributed by atoms with E-state index < -0.39 is 0 Å². The molecule has 2 atom stereocenters. The highest BCUT2D eigenvalue weighted by atomic mass is 16.5. The molecule has 3 aromatic rings. The van der Waals surface area contributed by atoms with E-state index in [4.69, 9.17) is 14.5 Å². The quantitative estimate of drug-likeness (QED) is 0.555. The van der Waals surface area contributed by atoms with Crippen LogP contribution in [0.1, 0.15) is 21.5 Å². The molecule has 0 unspecified atom stereocenters. The number of aromatic nitrogens is 2. The molecule has 0 spiro atoms. The van der Waals surface area contributed by atoms with E-state index in [0.717, 1.165) is 16.9 Å². The molecule has 4 bridgehead atoms. The summed E-state index contributed by atoms with van der Waals surface area (Å²) in [6.45, 7) is 3.23. The Labute approximate surface area is 222 Å². The lowest BCUT2D eigenvalue weighted by Gasteiger charge is -2.23. The highest BCUT2D eigenvalue weighted by Crippen LogP contribution is 2.28. The van der Waals surface area contributed by atoms with Crippen molar-refractivity contribution in [1.29, 1.82) is 0 Å². The van der Waals surface area contributed by atoms with E-state index in [9.17, 15) is 9.59 Å². The van der Waals surface area contributed by atoms with Crippen molar-refractivity contribution in [2.75, 3.05) is 50.6 Å². The van der Waals surface area contributed by atoms with Gasteiger partial charge in [-0.3, -0.25) is 14.6 Å². The topological polar surface area (TPSA) is 100 Å². The molecule has 3 heterocycles. The van der Waals surface area contributed by atoms with Crippen LogP contribution in [0.3, 0.4) is 0 Å². The van der Waals surface area contributed by atoms with E-state index in [0.29, 0.717) is 42.6 Å². The minimum atomic E-state index is -0.297. The SMILES string of the molecule is Cc1ccc2cc1Oc1cccc(c1)CO[C@H]1CN(c3cncc(N(C)C)n3)C[C@@H]1NC(=O)CN(C)C2=O. The van der Waals surface area contributed by atoms with Crippen molar-refractivity contribution in [3.63, 3.8) is 0 Å². The predicted octanol–water partition coefficient (Wildman–Crippen LogP) is 2.62. The predicted molar refractivity (Wildman–Crippen MR) is 144 cm³/mol. The van der Waals surface area contributed by atoms with Gasteiger partial charge in [0.15, 0.2) is 0 Å². The van der Waals surface area contributed by atoms with Crippen molar-refractivity contribution in [2.24, 2.45) is 0 Å². The molecule has 1 fully saturated rings. The van der Waals surface area contributed by atoms with E-state index >= 15 is 0 Å². The molecule has 2 aliphatic heterocycles. The maximum absolute atomic E-state index is 13.1. The Hall–Kier alpha value is -4.18. The molecule has 10 heteroatoms. The van der Waals surface area contributed by atoms with Crippen molar-refractivity contribution in [3.05, 3.63) is 71.5 Å². The van der Waals surface area contributed by atoms with Crippen LogP contribution in [-0.2, 0) is 16.1 Å². The van der Waals surface area contributed by atoms with Gasteiger partial charge in [-0.25, -0.2) is 4.98 Å². The summed E-state index contributed by atoms with van der Waals surface area (Å²) in [5, 5.41) is 3.09. The number of amides is 2. The summed E-state index contributed by atoms with van der Waals surface area (Å²) in [7, 11) is 5.44. The normalized spacial score (nSPS) is 20.0. The summed E-state index contributed by atoms with van der Waals surface area (Å²) in [4.78, 5) is 40.6. The number of rotatable bonds is 2. The lowest BCUT2D eigenvalue weighted by Crippen LogP contribution is -2.48. The third kappa shape index (κ3) is 5.55. The van der Waals surface area contributed by atoms with E-state index in [1.54, 1.807) is 31.6 Å². The molecule has 5 rings (SSSR count). The van der Waals surface area contributed by atoms with Crippen LogP contribution in [0.4, 0.5) is 11.6 Å². The Balaban J connectivity index is 1.44. The number of hydrogen-bond donors (Lipinski definition) is 1. The second kappa shape index (κ2) is 10.7. The molecule has 2 amide bonds. The van der Waals surface area contributed by atoms with Crippen LogP contribution in [-0.4, -0.2) is 79.6 Å². The van der Waals surface area contributed by atoms with Crippen molar-refractivity contribution < 1.29 is 19.1 Å². The summed E-state index contributed by atoms with van der Waals surface area (Å²) in [5.41, 5.74) is 2.30. The number of anilines is 2. The summed E-state index contributed by atoms with van der Waals surface area (Å²) in [6.07, 6.45) is 3.13. The zero-order valence-corrected chi connectivity index (χ0v) is 22.0. The zero-order valence-electron chi connectivity index (χ0n) is 22.0. The molecule has 198 valence electrons. The number of benzene rings is 2. The maximum Gasteiger partial charge on any atom is 0.254 e. The number of carbonyl (C=O) groups excluding carboxylic acids is 2. The van der Waals surface area contributed by atoms with E-state index in [2.05, 4.69) is 15.2 Å². The van der Waals surface area contributed by atoms with Gasteiger partial charge in [0.25, 0.3) is 5.91 Å². The summed E-state index contributed by atoms with van der Waals surface area (Å²) in [6, 6.07) is 12.7. The summed E-state index contributed by atoms with van der Waals surface area (Å²) < 4.78 is 12.5. The van der Waals surface area contributed by atoms with Crippen molar-refractivity contribution in [2.45, 2.75) is 25.7 Å². The van der Waals surface area contributed by atoms with Crippen LogP contribution < -0.4 is 19.9 Å². The van der Waals surface area contributed by atoms with Crippen molar-refractivity contribution in [3.8, 4) is 11.5 Å². The largest absolute Gasteiger partial charge is 0.457 e. The lowest BCUT2D eigenvalue weighted by molar-refractivity contribution is -0.123. The Morgan fingerprint density at radius 3 is 2.74 bits per heavy atom. The average molecular weight is 517 g/mol. The van der Waals surface area contributed by atoms with Gasteiger partial charge in [0.05, 0.1) is 37.7 Å². The second-order valence-corrected chi connectivity index (χ2v) is 9.95. The number of nitrogens with one attached hydrogen (secondary N) is 1. The van der Waals surface area contributed by atoms with E-state index in [1.807, 2.05) is 56.3 Å². The number of carbonyl (C=O) groups is 2. The molecule has 0 aliphatic carbocycles. The lowest BCUT2D eigenvalue weighted by atomic mass is 10.1. The Morgan fingerprint density at radius 2 is 1.92 bits per heavy atom. The standard InChI is InChI=1S/C28H32N6O4/c1-18-8-9-20-11-23(18)38-21-7-5-6-19(10-21)17-37-24-15-34(26-13-29-12-25(31-26)32(2)3)14-22(24)30-27(35)16-33(4)28(20)36/h5-13,22,24H,14-17H2,1-4H3,(H,30,35)/t22-,24-/m0/s1. The van der Waals surface area contributed by atoms with Gasteiger partial charge in [-0.1, -0.05) is 18.2 Å². The molecule has 1 aromatic heterocycles. The molecule has 1 saturated heterocycles. The van der Waals surface area contributed by atoms with Gasteiger partial charge in [-0.2, -0.15) is 0 Å². The number of likely N-dealkylation sites (N-methyl/N-ethyl adjacent to an activating group) is 1. The van der Waals surface area contributed by atoms with Crippen LogP contribution in [0.15, 0.2) is 54.9 Å². The second-order valence-electron chi connectivity index (χ2n) is 9.95. The highest BCUT2D eigenvalue weighted by molar-refractivity contribution is 5.96. The minimum absolute atomic E-state index is 0.0823. The van der Waals surface area contributed by atoms with Gasteiger partial charge < -0.3 is 29.5 Å². The van der Waals surface area contributed by atoms with E-state index in [1.165, 1.54) is 4.90 Å². The number of aryl methyl sites for hydroxylation is 1. The zero-order chi connectivity index (χ0) is 26.8.